The fourth-order valence-corrected chi connectivity index (χ4v) is 4.51. The number of alkyl halides is 3. The monoisotopic (exact) mass is 538 g/mol. The Bertz CT molecular complexity index is 727. The van der Waals surface area contributed by atoms with E-state index in [0.29, 0.717) is 24.8 Å². The van der Waals surface area contributed by atoms with Crippen molar-refractivity contribution < 1.29 is 13.2 Å². The standard InChI is InChI=1S/C20H29F3N6.HI/c1-24-19(25-14-18-15-26-5-7-28(18)8-6-26)29-11-9-27(10-12-29)17-4-2-3-16(13-17)20(21,22)23;/h2-4,13,18H,5-12,14-15H2,1H3,(H,24,25);1H. The van der Waals surface area contributed by atoms with Crippen LogP contribution in [-0.4, -0.2) is 99.2 Å². The molecule has 0 amide bonds. The fourth-order valence-electron chi connectivity index (χ4n) is 4.51. The second kappa shape index (κ2) is 9.90. The Morgan fingerprint density at radius 3 is 2.33 bits per heavy atom. The second-order valence-electron chi connectivity index (χ2n) is 7.94. The molecule has 1 N–H and O–H groups in total. The highest BCUT2D eigenvalue weighted by atomic mass is 127. The minimum absolute atomic E-state index is 0. The number of rotatable bonds is 3. The van der Waals surface area contributed by atoms with Crippen LogP contribution >= 0.6 is 24.0 Å². The van der Waals surface area contributed by atoms with Gasteiger partial charge >= 0.3 is 6.18 Å². The van der Waals surface area contributed by atoms with Gasteiger partial charge in [0, 0.05) is 84.2 Å². The molecule has 4 aliphatic heterocycles. The van der Waals surface area contributed by atoms with Crippen LogP contribution in [0.4, 0.5) is 18.9 Å². The van der Waals surface area contributed by atoms with Crippen LogP contribution in [0.15, 0.2) is 29.3 Å². The van der Waals surface area contributed by atoms with E-state index < -0.39 is 11.7 Å². The first-order chi connectivity index (χ1) is 13.9. The van der Waals surface area contributed by atoms with Crippen molar-refractivity contribution in [3.8, 4) is 0 Å². The average molecular weight is 538 g/mol. The lowest BCUT2D eigenvalue weighted by molar-refractivity contribution is -0.137. The van der Waals surface area contributed by atoms with Crippen LogP contribution in [0.2, 0.25) is 0 Å². The molecule has 6 nitrogen and oxygen atoms in total. The van der Waals surface area contributed by atoms with Crippen molar-refractivity contribution in [2.24, 2.45) is 4.99 Å². The summed E-state index contributed by atoms with van der Waals surface area (Å²) in [5.74, 6) is 0.881. The van der Waals surface area contributed by atoms with Crippen molar-refractivity contribution in [1.82, 2.24) is 20.0 Å². The maximum absolute atomic E-state index is 13.0. The van der Waals surface area contributed by atoms with E-state index in [1.165, 1.54) is 25.2 Å². The Balaban J connectivity index is 0.00000256. The van der Waals surface area contributed by atoms with Gasteiger partial charge in [0.2, 0.25) is 0 Å². The highest BCUT2D eigenvalue weighted by Gasteiger charge is 2.33. The van der Waals surface area contributed by atoms with Gasteiger partial charge in [-0.05, 0) is 18.2 Å². The smallest absolute Gasteiger partial charge is 0.368 e. The molecule has 1 aromatic rings. The predicted molar refractivity (Wildman–Crippen MR) is 124 cm³/mol. The summed E-state index contributed by atoms with van der Waals surface area (Å²) in [6, 6.07) is 6.11. The first-order valence-electron chi connectivity index (χ1n) is 10.3. The van der Waals surface area contributed by atoms with Crippen LogP contribution in [0.25, 0.3) is 0 Å². The zero-order valence-corrected chi connectivity index (χ0v) is 19.6. The van der Waals surface area contributed by atoms with Gasteiger partial charge in [-0.15, -0.1) is 24.0 Å². The van der Waals surface area contributed by atoms with E-state index in [1.54, 1.807) is 13.1 Å². The maximum atomic E-state index is 13.0. The summed E-state index contributed by atoms with van der Waals surface area (Å²) in [6.07, 6.45) is -4.31. The molecule has 5 rings (SSSR count). The second-order valence-corrected chi connectivity index (χ2v) is 7.94. The van der Waals surface area contributed by atoms with Crippen LogP contribution < -0.4 is 10.2 Å². The molecule has 0 aliphatic carbocycles. The number of halogens is 4. The summed E-state index contributed by atoms with van der Waals surface area (Å²) < 4.78 is 39.0. The van der Waals surface area contributed by atoms with Crippen LogP contribution in [0.5, 0.6) is 0 Å². The zero-order valence-electron chi connectivity index (χ0n) is 17.2. The lowest BCUT2D eigenvalue weighted by Gasteiger charge is -2.48. The molecule has 30 heavy (non-hydrogen) atoms. The van der Waals surface area contributed by atoms with Crippen LogP contribution in [-0.2, 0) is 6.18 Å². The van der Waals surface area contributed by atoms with Gasteiger partial charge in [-0.2, -0.15) is 13.2 Å². The summed E-state index contributed by atoms with van der Waals surface area (Å²) in [5.41, 5.74) is 0.0323. The van der Waals surface area contributed by atoms with Crippen molar-refractivity contribution in [2.45, 2.75) is 12.2 Å². The number of hydrogen-bond acceptors (Lipinski definition) is 4. The molecule has 1 unspecified atom stereocenters. The van der Waals surface area contributed by atoms with Gasteiger partial charge in [-0.25, -0.2) is 0 Å². The van der Waals surface area contributed by atoms with Gasteiger partial charge < -0.3 is 15.1 Å². The molecule has 10 heteroatoms. The number of guanidine groups is 1. The molecule has 2 bridgehead atoms. The van der Waals surface area contributed by atoms with Crippen molar-refractivity contribution in [1.29, 1.82) is 0 Å². The molecule has 0 aromatic heterocycles. The first-order valence-corrected chi connectivity index (χ1v) is 10.3. The molecule has 0 radical (unpaired) electrons. The molecular weight excluding hydrogens is 508 g/mol. The average Bonchev–Trinajstić information content (AvgIpc) is 2.75. The van der Waals surface area contributed by atoms with Crippen molar-refractivity contribution in [3.63, 3.8) is 0 Å². The minimum Gasteiger partial charge on any atom is -0.368 e. The summed E-state index contributed by atoms with van der Waals surface area (Å²) in [7, 11) is 1.79. The summed E-state index contributed by atoms with van der Waals surface area (Å²) in [5, 5.41) is 3.52. The van der Waals surface area contributed by atoms with E-state index in [-0.39, 0.29) is 24.0 Å². The number of piperazine rings is 4. The SMILES string of the molecule is CN=C(NCC1CN2CCN1CC2)N1CCN(c2cccc(C(F)(F)F)c2)CC1.I. The molecule has 1 aromatic carbocycles. The Hall–Kier alpha value is -1.27. The molecule has 0 saturated carbocycles. The third-order valence-electron chi connectivity index (χ3n) is 6.22. The van der Waals surface area contributed by atoms with Gasteiger partial charge in [0.15, 0.2) is 5.96 Å². The van der Waals surface area contributed by atoms with Gasteiger partial charge in [0.05, 0.1) is 5.56 Å². The molecule has 0 spiro atoms. The van der Waals surface area contributed by atoms with Gasteiger partial charge in [0.1, 0.15) is 0 Å². The number of anilines is 1. The van der Waals surface area contributed by atoms with Crippen LogP contribution in [0.3, 0.4) is 0 Å². The highest BCUT2D eigenvalue weighted by molar-refractivity contribution is 14.0. The molecule has 4 saturated heterocycles. The Kier molecular flexibility index (Phi) is 7.72. The largest absolute Gasteiger partial charge is 0.416 e. The summed E-state index contributed by atoms with van der Waals surface area (Å²) in [6.45, 7) is 9.40. The number of nitrogens with one attached hydrogen (secondary N) is 1. The molecule has 168 valence electrons. The minimum atomic E-state index is -4.31. The molecular formula is C20H30F3IN6. The van der Waals surface area contributed by atoms with E-state index in [2.05, 4.69) is 25.0 Å². The fraction of sp³-hybridized carbons (Fsp3) is 0.650. The van der Waals surface area contributed by atoms with E-state index in [0.717, 1.165) is 51.3 Å². The summed E-state index contributed by atoms with van der Waals surface area (Å²) in [4.78, 5) is 13.7. The normalized spacial score (nSPS) is 27.1. The topological polar surface area (TPSA) is 37.4 Å². The maximum Gasteiger partial charge on any atom is 0.416 e. The molecule has 4 fully saturated rings. The van der Waals surface area contributed by atoms with E-state index in [4.69, 9.17) is 0 Å². The number of hydrogen-bond donors (Lipinski definition) is 1. The number of nitrogens with zero attached hydrogens (tertiary/aromatic N) is 5. The van der Waals surface area contributed by atoms with Gasteiger partial charge in [-0.3, -0.25) is 14.8 Å². The number of aliphatic imine (C=N–C) groups is 1. The van der Waals surface area contributed by atoms with E-state index in [9.17, 15) is 13.2 Å². The molecule has 4 heterocycles. The third-order valence-corrected chi connectivity index (χ3v) is 6.22. The molecule has 1 atom stereocenters. The Morgan fingerprint density at radius 1 is 1.07 bits per heavy atom. The number of benzene rings is 1. The van der Waals surface area contributed by atoms with E-state index >= 15 is 0 Å². The quantitative estimate of drug-likeness (QED) is 0.363. The summed E-state index contributed by atoms with van der Waals surface area (Å²) >= 11 is 0. The Labute approximate surface area is 193 Å². The van der Waals surface area contributed by atoms with Crippen molar-refractivity contribution in [2.75, 3.05) is 77.4 Å². The predicted octanol–water partition coefficient (Wildman–Crippen LogP) is 2.02. The highest BCUT2D eigenvalue weighted by Crippen LogP contribution is 2.31. The first kappa shape index (κ1) is 23.4. The zero-order chi connectivity index (χ0) is 20.4. The van der Waals surface area contributed by atoms with Crippen molar-refractivity contribution in [3.05, 3.63) is 29.8 Å². The van der Waals surface area contributed by atoms with E-state index in [1.807, 2.05) is 4.90 Å². The number of fused-ring (bicyclic) bond motifs is 3. The Morgan fingerprint density at radius 2 is 1.77 bits per heavy atom. The van der Waals surface area contributed by atoms with Crippen LogP contribution in [0, 0.1) is 0 Å². The lowest BCUT2D eigenvalue weighted by Crippen LogP contribution is -2.64. The lowest BCUT2D eigenvalue weighted by atomic mass is 10.1. The third kappa shape index (κ3) is 5.31. The van der Waals surface area contributed by atoms with Gasteiger partial charge in [0.25, 0.3) is 0 Å². The van der Waals surface area contributed by atoms with Gasteiger partial charge in [-0.1, -0.05) is 6.07 Å². The van der Waals surface area contributed by atoms with Crippen molar-refractivity contribution >= 4 is 35.6 Å². The molecule has 4 aliphatic rings. The van der Waals surface area contributed by atoms with Crippen LogP contribution in [0.1, 0.15) is 5.56 Å².